The molecular formula is C11H11BrN2O. The molecule has 1 aromatic rings. The van der Waals surface area contributed by atoms with Crippen LogP contribution in [0.3, 0.4) is 0 Å². The monoisotopic (exact) mass is 266 g/mol. The van der Waals surface area contributed by atoms with Crippen molar-refractivity contribution in [3.63, 3.8) is 0 Å². The van der Waals surface area contributed by atoms with E-state index >= 15 is 0 Å². The summed E-state index contributed by atoms with van der Waals surface area (Å²) in [6.07, 6.45) is 3.73. The Hall–Kier alpha value is -1.21. The molecule has 0 amide bonds. The van der Waals surface area contributed by atoms with Gasteiger partial charge in [0.1, 0.15) is 11.2 Å². The molecule has 15 heavy (non-hydrogen) atoms. The summed E-state index contributed by atoms with van der Waals surface area (Å²) in [4.78, 5) is 15.3. The molecule has 0 aromatic carbocycles. The summed E-state index contributed by atoms with van der Waals surface area (Å²) in [5.41, 5.74) is -0.0775. The second-order valence-corrected chi connectivity index (χ2v) is 4.60. The third-order valence-corrected chi connectivity index (χ3v) is 2.78. The molecule has 0 aliphatic heterocycles. The van der Waals surface area contributed by atoms with Crippen molar-refractivity contribution in [1.82, 2.24) is 4.98 Å². The van der Waals surface area contributed by atoms with Gasteiger partial charge in [0.05, 0.1) is 6.07 Å². The van der Waals surface area contributed by atoms with E-state index in [0.717, 1.165) is 10.0 Å². The van der Waals surface area contributed by atoms with Crippen LogP contribution in [0.15, 0.2) is 22.9 Å². The van der Waals surface area contributed by atoms with Gasteiger partial charge < -0.3 is 0 Å². The van der Waals surface area contributed by atoms with Gasteiger partial charge in [0.2, 0.25) is 0 Å². The first kappa shape index (κ1) is 11.9. The van der Waals surface area contributed by atoms with Crippen molar-refractivity contribution in [2.75, 3.05) is 0 Å². The minimum atomic E-state index is -0.956. The van der Waals surface area contributed by atoms with Crippen LogP contribution in [0.4, 0.5) is 0 Å². The van der Waals surface area contributed by atoms with E-state index in [-0.39, 0.29) is 5.78 Å². The van der Waals surface area contributed by atoms with E-state index in [4.69, 9.17) is 5.26 Å². The fourth-order valence-corrected chi connectivity index (χ4v) is 1.62. The minimum Gasteiger partial charge on any atom is -0.298 e. The number of aromatic nitrogens is 1. The lowest BCUT2D eigenvalue weighted by molar-refractivity contribution is -0.123. The number of hydrogen-bond donors (Lipinski definition) is 0. The lowest BCUT2D eigenvalue weighted by Gasteiger charge is -2.17. The smallest absolute Gasteiger partial charge is 0.150 e. The van der Waals surface area contributed by atoms with Gasteiger partial charge in [-0.25, -0.2) is 0 Å². The molecule has 1 rings (SSSR count). The Balaban J connectivity index is 2.95. The molecule has 78 valence electrons. The van der Waals surface area contributed by atoms with Crippen LogP contribution >= 0.6 is 15.9 Å². The molecule has 0 radical (unpaired) electrons. The molecule has 0 fully saturated rings. The Morgan fingerprint density at radius 3 is 2.80 bits per heavy atom. The zero-order chi connectivity index (χ0) is 11.5. The van der Waals surface area contributed by atoms with Crippen LogP contribution < -0.4 is 0 Å². The van der Waals surface area contributed by atoms with Gasteiger partial charge in [-0.15, -0.1) is 0 Å². The van der Waals surface area contributed by atoms with E-state index in [2.05, 4.69) is 27.0 Å². The van der Waals surface area contributed by atoms with Gasteiger partial charge in [0, 0.05) is 16.9 Å². The van der Waals surface area contributed by atoms with E-state index in [9.17, 15) is 4.79 Å². The van der Waals surface area contributed by atoms with Crippen molar-refractivity contribution in [3.05, 3.63) is 28.5 Å². The summed E-state index contributed by atoms with van der Waals surface area (Å²) in [5, 5.41) is 8.98. The average molecular weight is 267 g/mol. The molecule has 3 nitrogen and oxygen atoms in total. The van der Waals surface area contributed by atoms with Crippen molar-refractivity contribution in [2.45, 2.75) is 20.3 Å². The van der Waals surface area contributed by atoms with Crippen LogP contribution in [-0.2, 0) is 11.2 Å². The fourth-order valence-electron chi connectivity index (χ4n) is 1.20. The van der Waals surface area contributed by atoms with Crippen LogP contribution in [0, 0.1) is 16.7 Å². The SMILES string of the molecule is CC(=O)C(C)(C#N)Cc1cncc(Br)c1. The lowest BCUT2D eigenvalue weighted by atomic mass is 9.82. The second-order valence-electron chi connectivity index (χ2n) is 3.69. The Bertz CT molecular complexity index is 425. The largest absolute Gasteiger partial charge is 0.298 e. The van der Waals surface area contributed by atoms with Crippen LogP contribution in [0.1, 0.15) is 19.4 Å². The molecule has 0 aliphatic rings. The van der Waals surface area contributed by atoms with Crippen LogP contribution in [0.5, 0.6) is 0 Å². The van der Waals surface area contributed by atoms with Gasteiger partial charge in [-0.05, 0) is 47.8 Å². The molecule has 0 aliphatic carbocycles. The first-order valence-electron chi connectivity index (χ1n) is 4.49. The number of hydrogen-bond acceptors (Lipinski definition) is 3. The first-order valence-corrected chi connectivity index (χ1v) is 5.29. The number of nitriles is 1. The molecule has 4 heteroatoms. The highest BCUT2D eigenvalue weighted by molar-refractivity contribution is 9.10. The Labute approximate surface area is 97.3 Å². The summed E-state index contributed by atoms with van der Waals surface area (Å²) in [7, 11) is 0. The zero-order valence-corrected chi connectivity index (χ0v) is 10.2. The Morgan fingerprint density at radius 2 is 2.33 bits per heavy atom. The molecule has 1 atom stereocenters. The highest BCUT2D eigenvalue weighted by Crippen LogP contribution is 2.23. The fraction of sp³-hybridized carbons (Fsp3) is 0.364. The zero-order valence-electron chi connectivity index (χ0n) is 8.62. The van der Waals surface area contributed by atoms with Crippen LogP contribution in [0.2, 0.25) is 0 Å². The third kappa shape index (κ3) is 2.87. The van der Waals surface area contributed by atoms with Crippen molar-refractivity contribution in [2.24, 2.45) is 5.41 Å². The van der Waals surface area contributed by atoms with Crippen molar-refractivity contribution in [1.29, 1.82) is 5.26 Å². The second kappa shape index (κ2) is 4.54. The van der Waals surface area contributed by atoms with E-state index in [0.29, 0.717) is 6.42 Å². The molecule has 0 saturated carbocycles. The van der Waals surface area contributed by atoms with Crippen molar-refractivity contribution in [3.8, 4) is 6.07 Å². The van der Waals surface area contributed by atoms with Gasteiger partial charge in [0.15, 0.2) is 0 Å². The number of ketones is 1. The minimum absolute atomic E-state index is 0.120. The molecule has 0 bridgehead atoms. The normalized spacial score (nSPS) is 14.0. The summed E-state index contributed by atoms with van der Waals surface area (Å²) >= 11 is 3.30. The summed E-state index contributed by atoms with van der Waals surface area (Å²) in [6, 6.07) is 3.92. The lowest BCUT2D eigenvalue weighted by Crippen LogP contribution is -2.26. The van der Waals surface area contributed by atoms with E-state index in [1.54, 1.807) is 19.3 Å². The number of pyridine rings is 1. The number of halogens is 1. The number of carbonyl (C=O) groups excluding carboxylic acids is 1. The Kier molecular flexibility index (Phi) is 3.59. The topological polar surface area (TPSA) is 53.8 Å². The van der Waals surface area contributed by atoms with Gasteiger partial charge in [-0.1, -0.05) is 0 Å². The van der Waals surface area contributed by atoms with Crippen LogP contribution in [0.25, 0.3) is 0 Å². The van der Waals surface area contributed by atoms with Gasteiger partial charge in [-0.2, -0.15) is 5.26 Å². The highest BCUT2D eigenvalue weighted by atomic mass is 79.9. The molecule has 1 heterocycles. The maximum atomic E-state index is 11.3. The maximum absolute atomic E-state index is 11.3. The van der Waals surface area contributed by atoms with Gasteiger partial charge in [0.25, 0.3) is 0 Å². The van der Waals surface area contributed by atoms with Gasteiger partial charge in [-0.3, -0.25) is 9.78 Å². The Morgan fingerprint density at radius 1 is 1.67 bits per heavy atom. The average Bonchev–Trinajstić information content (AvgIpc) is 2.17. The molecule has 0 N–H and O–H groups in total. The standard InChI is InChI=1S/C11H11BrN2O/c1-8(15)11(2,7-13)4-9-3-10(12)6-14-5-9/h3,5-6H,4H2,1-2H3. The van der Waals surface area contributed by atoms with Crippen LogP contribution in [-0.4, -0.2) is 10.8 Å². The summed E-state index contributed by atoms with van der Waals surface area (Å²) in [6.45, 7) is 3.09. The molecule has 0 saturated heterocycles. The number of Topliss-reactive ketones (excluding diaryl/α,β-unsaturated/α-hetero) is 1. The van der Waals surface area contributed by atoms with E-state index in [1.165, 1.54) is 6.92 Å². The summed E-state index contributed by atoms with van der Waals surface area (Å²) < 4.78 is 0.851. The van der Waals surface area contributed by atoms with E-state index in [1.807, 2.05) is 6.07 Å². The number of nitrogens with zero attached hydrogens (tertiary/aromatic N) is 2. The van der Waals surface area contributed by atoms with E-state index < -0.39 is 5.41 Å². The molecule has 1 aromatic heterocycles. The van der Waals surface area contributed by atoms with Gasteiger partial charge >= 0.3 is 0 Å². The highest BCUT2D eigenvalue weighted by Gasteiger charge is 2.30. The number of carbonyl (C=O) groups is 1. The molecule has 0 spiro atoms. The predicted octanol–water partition coefficient (Wildman–Crippen LogP) is 2.51. The number of rotatable bonds is 3. The van der Waals surface area contributed by atoms with Crippen molar-refractivity contribution >= 4 is 21.7 Å². The maximum Gasteiger partial charge on any atom is 0.150 e. The molecule has 1 unspecified atom stereocenters. The first-order chi connectivity index (χ1) is 6.98. The molecular weight excluding hydrogens is 256 g/mol. The predicted molar refractivity (Wildman–Crippen MR) is 60.0 cm³/mol. The van der Waals surface area contributed by atoms with Crippen molar-refractivity contribution < 1.29 is 4.79 Å². The quantitative estimate of drug-likeness (QED) is 0.845. The summed E-state index contributed by atoms with van der Waals surface area (Å²) in [5.74, 6) is -0.120. The third-order valence-electron chi connectivity index (χ3n) is 2.34.